The van der Waals surface area contributed by atoms with E-state index >= 15 is 0 Å². The SMILES string of the molecule is C.[CH2-]OC.[CH2-]OC(C)=O.[Y]. The summed E-state index contributed by atoms with van der Waals surface area (Å²) in [5.41, 5.74) is 0. The number of hydrogen-bond acceptors (Lipinski definition) is 3. The van der Waals surface area contributed by atoms with E-state index in [4.69, 9.17) is 0 Å². The predicted molar refractivity (Wildman–Crippen MR) is 36.2 cm³/mol. The molecule has 3 nitrogen and oxygen atoms in total. The molecule has 0 fully saturated rings. The standard InChI is InChI=1S/C3H5O2.C2H5O.CH4.Y/c1-3(4)5-2;1-3-2;;/h2H2,1H3;1H2,2H3;1H4;/q2*-1;;. The molecule has 0 aromatic rings. The molecule has 0 aliphatic rings. The molecule has 0 atom stereocenters. The average Bonchev–Trinajstić information content (AvgIpc) is 1.69. The van der Waals surface area contributed by atoms with Gasteiger partial charge in [-0.25, -0.2) is 7.11 Å². The van der Waals surface area contributed by atoms with Crippen molar-refractivity contribution in [2.45, 2.75) is 14.4 Å². The Labute approximate surface area is 88.3 Å². The van der Waals surface area contributed by atoms with Gasteiger partial charge in [0, 0.05) is 39.6 Å². The molecular weight excluding hydrogens is 209 g/mol. The first-order valence-corrected chi connectivity index (χ1v) is 1.89. The smallest absolute Gasteiger partial charge is 0.270 e. The van der Waals surface area contributed by atoms with Crippen molar-refractivity contribution >= 4 is 5.97 Å². The van der Waals surface area contributed by atoms with Crippen LogP contribution in [0.15, 0.2) is 0 Å². The summed E-state index contributed by atoms with van der Waals surface area (Å²) >= 11 is 0. The molecule has 0 rings (SSSR count). The topological polar surface area (TPSA) is 35.5 Å². The maximum absolute atomic E-state index is 9.53. The summed E-state index contributed by atoms with van der Waals surface area (Å²) in [6.07, 6.45) is 0. The van der Waals surface area contributed by atoms with Crippen LogP contribution in [0.2, 0.25) is 0 Å². The Balaban J connectivity index is -0.0000000326. The van der Waals surface area contributed by atoms with Gasteiger partial charge in [0.25, 0.3) is 5.97 Å². The van der Waals surface area contributed by atoms with Crippen molar-refractivity contribution in [3.8, 4) is 0 Å². The second-order valence-corrected chi connectivity index (χ2v) is 0.925. The second kappa shape index (κ2) is 22.7. The first kappa shape index (κ1) is 22.4. The molecule has 4 heteroatoms. The molecule has 0 spiro atoms. The van der Waals surface area contributed by atoms with Gasteiger partial charge in [-0.05, 0) is 7.11 Å². The van der Waals surface area contributed by atoms with Crippen molar-refractivity contribution in [1.29, 1.82) is 0 Å². The van der Waals surface area contributed by atoms with Crippen LogP contribution in [0.3, 0.4) is 0 Å². The normalized spacial score (nSPS) is 5.20. The van der Waals surface area contributed by atoms with Gasteiger partial charge >= 0.3 is 0 Å². The number of rotatable bonds is 0. The summed E-state index contributed by atoms with van der Waals surface area (Å²) in [5, 5.41) is 0. The largest absolute Gasteiger partial charge is 0.640 e. The number of carbonyl (C=O) groups excluding carboxylic acids is 1. The van der Waals surface area contributed by atoms with Gasteiger partial charge in [-0.2, -0.15) is 7.11 Å². The minimum Gasteiger partial charge on any atom is -0.640 e. The van der Waals surface area contributed by atoms with E-state index in [2.05, 4.69) is 23.7 Å². The summed E-state index contributed by atoms with van der Waals surface area (Å²) in [4.78, 5) is 9.53. The van der Waals surface area contributed by atoms with E-state index in [-0.39, 0.29) is 46.1 Å². The quantitative estimate of drug-likeness (QED) is 0.460. The third-order valence-electron chi connectivity index (χ3n) is 0.203. The Morgan fingerprint density at radius 2 is 1.50 bits per heavy atom. The number of esters is 1. The molecule has 61 valence electrons. The van der Waals surface area contributed by atoms with Gasteiger partial charge in [-0.15, -0.1) is 0 Å². The van der Waals surface area contributed by atoms with Gasteiger partial charge in [-0.1, -0.05) is 7.43 Å². The van der Waals surface area contributed by atoms with Crippen molar-refractivity contribution in [3.05, 3.63) is 14.2 Å². The summed E-state index contributed by atoms with van der Waals surface area (Å²) < 4.78 is 7.86. The molecule has 0 saturated heterocycles. The summed E-state index contributed by atoms with van der Waals surface area (Å²) in [6, 6.07) is 0. The van der Waals surface area contributed by atoms with Crippen molar-refractivity contribution in [3.63, 3.8) is 0 Å². The minimum absolute atomic E-state index is 0. The third-order valence-corrected chi connectivity index (χ3v) is 0.203. The molecule has 10 heavy (non-hydrogen) atoms. The fraction of sp³-hybridized carbons (Fsp3) is 0.500. The van der Waals surface area contributed by atoms with Gasteiger partial charge in [0.15, 0.2) is 0 Å². The molecule has 0 heterocycles. The summed E-state index contributed by atoms with van der Waals surface area (Å²) in [6.45, 7) is 1.30. The molecule has 0 unspecified atom stereocenters. The Hall–Kier alpha value is 0.534. The van der Waals surface area contributed by atoms with E-state index in [0.29, 0.717) is 0 Å². The molecule has 0 N–H and O–H groups in total. The second-order valence-electron chi connectivity index (χ2n) is 0.925. The molecule has 0 amide bonds. The fourth-order valence-corrected chi connectivity index (χ4v) is 0. The molecule has 0 aliphatic heterocycles. The molecule has 0 saturated carbocycles. The molecule has 0 aromatic carbocycles. The van der Waals surface area contributed by atoms with Crippen molar-refractivity contribution in [2.24, 2.45) is 0 Å². The number of methoxy groups -OCH3 is 1. The maximum Gasteiger partial charge on any atom is 0.270 e. The number of ether oxygens (including phenoxy) is 2. The Morgan fingerprint density at radius 3 is 1.50 bits per heavy atom. The van der Waals surface area contributed by atoms with E-state index < -0.39 is 0 Å². The van der Waals surface area contributed by atoms with Gasteiger partial charge in [-0.3, -0.25) is 4.79 Å². The Kier molecular flexibility index (Phi) is 50.8. The molecule has 0 bridgehead atoms. The van der Waals surface area contributed by atoms with Gasteiger partial charge in [0.05, 0.1) is 0 Å². The van der Waals surface area contributed by atoms with E-state index in [1.165, 1.54) is 14.0 Å². The van der Waals surface area contributed by atoms with Crippen LogP contribution in [-0.4, -0.2) is 13.1 Å². The summed E-state index contributed by atoms with van der Waals surface area (Å²) in [7, 11) is 7.34. The zero-order valence-electron chi connectivity index (χ0n) is 5.72. The summed E-state index contributed by atoms with van der Waals surface area (Å²) in [5.74, 6) is -0.356. The average molecular weight is 223 g/mol. The fourth-order valence-electron chi connectivity index (χ4n) is 0. The van der Waals surface area contributed by atoms with Crippen LogP contribution in [0.1, 0.15) is 14.4 Å². The van der Waals surface area contributed by atoms with Gasteiger partial charge < -0.3 is 9.47 Å². The predicted octanol–water partition coefficient (Wildman–Crippen LogP) is 1.40. The first-order valence-electron chi connectivity index (χ1n) is 1.89. The van der Waals surface area contributed by atoms with Crippen molar-refractivity contribution in [1.82, 2.24) is 0 Å². The van der Waals surface area contributed by atoms with Gasteiger partial charge in [0.2, 0.25) is 0 Å². The maximum atomic E-state index is 9.53. The van der Waals surface area contributed by atoms with Gasteiger partial charge in [0.1, 0.15) is 0 Å². The van der Waals surface area contributed by atoms with Crippen LogP contribution < -0.4 is 0 Å². The van der Waals surface area contributed by atoms with Crippen LogP contribution in [0.4, 0.5) is 0 Å². The minimum atomic E-state index is -0.356. The zero-order valence-corrected chi connectivity index (χ0v) is 8.55. The van der Waals surface area contributed by atoms with E-state index in [9.17, 15) is 4.79 Å². The Morgan fingerprint density at radius 1 is 1.40 bits per heavy atom. The van der Waals surface area contributed by atoms with E-state index in [1.807, 2.05) is 0 Å². The monoisotopic (exact) mass is 223 g/mol. The van der Waals surface area contributed by atoms with Crippen LogP contribution >= 0.6 is 0 Å². The Bertz CT molecular complexity index is 57.0. The number of hydrogen-bond donors (Lipinski definition) is 0. The van der Waals surface area contributed by atoms with Crippen molar-refractivity contribution < 1.29 is 47.0 Å². The first-order chi connectivity index (χ1) is 3.68. The van der Waals surface area contributed by atoms with Crippen LogP contribution in [0.5, 0.6) is 0 Å². The van der Waals surface area contributed by atoms with E-state index in [0.717, 1.165) is 0 Å². The van der Waals surface area contributed by atoms with Crippen LogP contribution in [0.25, 0.3) is 0 Å². The molecule has 1 radical (unpaired) electrons. The molecule has 0 aromatic heterocycles. The zero-order chi connectivity index (χ0) is 6.99. The molecular formula is C6H14O3Y-2. The van der Waals surface area contributed by atoms with E-state index in [1.54, 1.807) is 0 Å². The number of carbonyl (C=O) groups is 1. The third kappa shape index (κ3) is 75.4. The van der Waals surface area contributed by atoms with Crippen molar-refractivity contribution in [2.75, 3.05) is 7.11 Å². The van der Waals surface area contributed by atoms with Crippen LogP contribution in [0, 0.1) is 14.2 Å². The molecule has 0 aliphatic carbocycles. The van der Waals surface area contributed by atoms with Crippen LogP contribution in [-0.2, 0) is 47.0 Å².